The molecule has 0 fully saturated rings. The number of pyridine rings is 1. The summed E-state index contributed by atoms with van der Waals surface area (Å²) in [4.78, 5) is 4.88. The molecule has 0 amide bonds. The van der Waals surface area contributed by atoms with E-state index in [2.05, 4.69) is 90.9 Å². The van der Waals surface area contributed by atoms with Crippen LogP contribution in [0.4, 0.5) is 0 Å². The van der Waals surface area contributed by atoms with Crippen LogP contribution in [0.25, 0.3) is 11.2 Å². The van der Waals surface area contributed by atoms with Crippen molar-refractivity contribution in [1.29, 1.82) is 0 Å². The standard InChI is InChI=1S/C26H22N4/c1-19-18-20(2)27-25-24(19)28-29-30(25)26(21-12-6-3-7-13-21,22-14-8-4-9-15-22)23-16-10-5-11-17-23/h3-18H,1-2H3. The molecule has 5 aromatic rings. The highest BCUT2D eigenvalue weighted by atomic mass is 15.5. The Balaban J connectivity index is 1.98. The van der Waals surface area contributed by atoms with Gasteiger partial charge in [0.1, 0.15) is 11.1 Å². The summed E-state index contributed by atoms with van der Waals surface area (Å²) in [5.41, 5.74) is 6.25. The molecule has 0 saturated carbocycles. The van der Waals surface area contributed by atoms with E-state index in [9.17, 15) is 0 Å². The van der Waals surface area contributed by atoms with Crippen LogP contribution < -0.4 is 0 Å². The Morgan fingerprint density at radius 3 is 1.60 bits per heavy atom. The van der Waals surface area contributed by atoms with E-state index in [0.717, 1.165) is 39.1 Å². The first-order chi connectivity index (χ1) is 14.7. The predicted molar refractivity (Wildman–Crippen MR) is 119 cm³/mol. The van der Waals surface area contributed by atoms with E-state index in [0.29, 0.717) is 0 Å². The van der Waals surface area contributed by atoms with Crippen LogP contribution in [0, 0.1) is 13.8 Å². The Hall–Kier alpha value is -3.79. The molecule has 0 bridgehead atoms. The number of nitrogens with zero attached hydrogens (tertiary/aromatic N) is 4. The normalized spacial score (nSPS) is 11.7. The Morgan fingerprint density at radius 1 is 0.667 bits per heavy atom. The van der Waals surface area contributed by atoms with Crippen LogP contribution in [0.3, 0.4) is 0 Å². The van der Waals surface area contributed by atoms with Gasteiger partial charge in [0.2, 0.25) is 0 Å². The van der Waals surface area contributed by atoms with Crippen molar-refractivity contribution in [3.63, 3.8) is 0 Å². The largest absolute Gasteiger partial charge is 0.232 e. The molecule has 0 aliphatic rings. The second-order valence-corrected chi connectivity index (χ2v) is 7.56. The summed E-state index contributed by atoms with van der Waals surface area (Å²) in [5, 5.41) is 9.26. The minimum Gasteiger partial charge on any atom is -0.232 e. The molecule has 0 spiro atoms. The van der Waals surface area contributed by atoms with E-state index in [1.807, 2.05) is 29.8 Å². The fourth-order valence-electron chi connectivity index (χ4n) is 4.34. The summed E-state index contributed by atoms with van der Waals surface area (Å²) in [6.45, 7) is 4.07. The van der Waals surface area contributed by atoms with Crippen molar-refractivity contribution >= 4 is 11.2 Å². The van der Waals surface area contributed by atoms with Gasteiger partial charge in [0.15, 0.2) is 5.65 Å². The number of aromatic nitrogens is 4. The molecule has 4 nitrogen and oxygen atoms in total. The molecule has 2 heterocycles. The van der Waals surface area contributed by atoms with E-state index in [4.69, 9.17) is 10.2 Å². The third kappa shape index (κ3) is 2.72. The molecule has 0 aliphatic carbocycles. The van der Waals surface area contributed by atoms with Gasteiger partial charge in [-0.2, -0.15) is 0 Å². The Kier molecular flexibility index (Phi) is 4.40. The summed E-state index contributed by atoms with van der Waals surface area (Å²) in [7, 11) is 0. The third-order valence-corrected chi connectivity index (χ3v) is 5.62. The predicted octanol–water partition coefficient (Wildman–Crippen LogP) is 5.28. The van der Waals surface area contributed by atoms with Crippen molar-refractivity contribution in [3.8, 4) is 0 Å². The molecular weight excluding hydrogens is 368 g/mol. The van der Waals surface area contributed by atoms with Crippen LogP contribution in [-0.2, 0) is 5.54 Å². The number of fused-ring (bicyclic) bond motifs is 1. The van der Waals surface area contributed by atoms with Crippen LogP contribution >= 0.6 is 0 Å². The summed E-state index contributed by atoms with van der Waals surface area (Å²) in [6.07, 6.45) is 0. The van der Waals surface area contributed by atoms with Crippen LogP contribution in [-0.4, -0.2) is 20.0 Å². The lowest BCUT2D eigenvalue weighted by molar-refractivity contribution is 0.457. The smallest absolute Gasteiger partial charge is 0.180 e. The topological polar surface area (TPSA) is 43.6 Å². The van der Waals surface area contributed by atoms with Gasteiger partial charge < -0.3 is 0 Å². The molecule has 0 aliphatic heterocycles. The summed E-state index contributed by atoms with van der Waals surface area (Å²) >= 11 is 0. The molecular formula is C26H22N4. The summed E-state index contributed by atoms with van der Waals surface area (Å²) < 4.78 is 1.99. The van der Waals surface area contributed by atoms with Crippen LogP contribution in [0.2, 0.25) is 0 Å². The second kappa shape index (κ2) is 7.23. The van der Waals surface area contributed by atoms with E-state index in [-0.39, 0.29) is 0 Å². The Morgan fingerprint density at radius 2 is 1.13 bits per heavy atom. The fourth-order valence-corrected chi connectivity index (χ4v) is 4.34. The maximum Gasteiger partial charge on any atom is 0.180 e. The van der Waals surface area contributed by atoms with Crippen molar-refractivity contribution < 1.29 is 0 Å². The van der Waals surface area contributed by atoms with E-state index >= 15 is 0 Å². The van der Waals surface area contributed by atoms with Gasteiger partial charge in [-0.05, 0) is 42.2 Å². The molecule has 3 aromatic carbocycles. The lowest BCUT2D eigenvalue weighted by atomic mass is 9.77. The maximum atomic E-state index is 4.88. The lowest BCUT2D eigenvalue weighted by Gasteiger charge is -2.36. The first-order valence-corrected chi connectivity index (χ1v) is 10.1. The van der Waals surface area contributed by atoms with Crippen LogP contribution in [0.1, 0.15) is 27.9 Å². The molecule has 4 heteroatoms. The number of hydrogen-bond donors (Lipinski definition) is 0. The number of aryl methyl sites for hydroxylation is 2. The van der Waals surface area contributed by atoms with Gasteiger partial charge in [-0.1, -0.05) is 96.2 Å². The van der Waals surface area contributed by atoms with Crippen molar-refractivity contribution in [2.24, 2.45) is 0 Å². The molecule has 5 rings (SSSR count). The van der Waals surface area contributed by atoms with Gasteiger partial charge in [0, 0.05) is 5.69 Å². The van der Waals surface area contributed by atoms with E-state index in [1.54, 1.807) is 0 Å². The van der Waals surface area contributed by atoms with Gasteiger partial charge in [0.25, 0.3) is 0 Å². The molecule has 30 heavy (non-hydrogen) atoms. The van der Waals surface area contributed by atoms with Crippen molar-refractivity contribution in [3.05, 3.63) is 125 Å². The minimum atomic E-state index is -0.703. The average Bonchev–Trinajstić information content (AvgIpc) is 3.21. The fraction of sp³-hybridized carbons (Fsp3) is 0.115. The zero-order valence-corrected chi connectivity index (χ0v) is 17.0. The molecule has 2 aromatic heterocycles. The van der Waals surface area contributed by atoms with Gasteiger partial charge in [-0.3, -0.25) is 0 Å². The van der Waals surface area contributed by atoms with Crippen LogP contribution in [0.5, 0.6) is 0 Å². The SMILES string of the molecule is Cc1cc(C)c2nnn(C(c3ccccc3)(c3ccccc3)c3ccccc3)c2n1. The summed E-state index contributed by atoms with van der Waals surface area (Å²) in [5.74, 6) is 0. The third-order valence-electron chi connectivity index (χ3n) is 5.62. The average molecular weight is 390 g/mol. The van der Waals surface area contributed by atoms with Crippen LogP contribution in [0.15, 0.2) is 97.1 Å². The number of rotatable bonds is 4. The highest BCUT2D eigenvalue weighted by molar-refractivity contribution is 5.75. The second-order valence-electron chi connectivity index (χ2n) is 7.56. The van der Waals surface area contributed by atoms with Gasteiger partial charge in [-0.25, -0.2) is 9.67 Å². The first kappa shape index (κ1) is 18.3. The molecule has 0 atom stereocenters. The molecule has 0 radical (unpaired) electrons. The van der Waals surface area contributed by atoms with Crippen molar-refractivity contribution in [2.75, 3.05) is 0 Å². The zero-order valence-electron chi connectivity index (χ0n) is 17.0. The van der Waals surface area contributed by atoms with Gasteiger partial charge in [-0.15, -0.1) is 5.10 Å². The minimum absolute atomic E-state index is 0.703. The highest BCUT2D eigenvalue weighted by Gasteiger charge is 2.41. The van der Waals surface area contributed by atoms with E-state index in [1.165, 1.54) is 0 Å². The monoisotopic (exact) mass is 390 g/mol. The van der Waals surface area contributed by atoms with Gasteiger partial charge >= 0.3 is 0 Å². The zero-order chi connectivity index (χ0) is 20.6. The maximum absolute atomic E-state index is 4.88. The van der Waals surface area contributed by atoms with E-state index < -0.39 is 5.54 Å². The molecule has 0 N–H and O–H groups in total. The highest BCUT2D eigenvalue weighted by Crippen LogP contribution is 2.41. The number of benzene rings is 3. The van der Waals surface area contributed by atoms with Crippen molar-refractivity contribution in [2.45, 2.75) is 19.4 Å². The van der Waals surface area contributed by atoms with Crippen molar-refractivity contribution in [1.82, 2.24) is 20.0 Å². The summed E-state index contributed by atoms with van der Waals surface area (Å²) in [6, 6.07) is 33.5. The quantitative estimate of drug-likeness (QED) is 0.392. The molecule has 0 unspecified atom stereocenters. The molecule has 146 valence electrons. The first-order valence-electron chi connectivity index (χ1n) is 10.1. The lowest BCUT2D eigenvalue weighted by Crippen LogP contribution is -2.38. The Bertz CT molecular complexity index is 1200. The Labute approximate surface area is 175 Å². The van der Waals surface area contributed by atoms with Gasteiger partial charge in [0.05, 0.1) is 0 Å². The number of hydrogen-bond acceptors (Lipinski definition) is 3. The molecule has 0 saturated heterocycles.